The van der Waals surface area contributed by atoms with E-state index in [1.165, 1.54) is 0 Å². The van der Waals surface area contributed by atoms with Crippen molar-refractivity contribution in [2.45, 2.75) is 59.4 Å². The van der Waals surface area contributed by atoms with E-state index in [0.29, 0.717) is 13.1 Å². The molecule has 1 fully saturated rings. The fourth-order valence-electron chi connectivity index (χ4n) is 3.77. The summed E-state index contributed by atoms with van der Waals surface area (Å²) in [6.07, 6.45) is -0.694. The third kappa shape index (κ3) is 4.33. The highest BCUT2D eigenvalue weighted by molar-refractivity contribution is 5.90. The number of rotatable bonds is 4. The number of ether oxygens (including phenoxy) is 2. The zero-order chi connectivity index (χ0) is 19.7. The number of hydrogen-bond acceptors (Lipinski definition) is 4. The molecule has 0 spiro atoms. The molecule has 146 valence electrons. The Labute approximate surface area is 159 Å². The first-order valence-corrected chi connectivity index (χ1v) is 9.46. The molecule has 0 radical (unpaired) electrons. The number of aromatic amines is 1. The maximum absolute atomic E-state index is 12.6. The summed E-state index contributed by atoms with van der Waals surface area (Å²) < 4.78 is 11.1. The summed E-state index contributed by atoms with van der Waals surface area (Å²) in [6.45, 7) is 10.5. The molecule has 27 heavy (non-hydrogen) atoms. The normalized spacial score (nSPS) is 21.3. The molecule has 1 aromatic heterocycles. The smallest absolute Gasteiger partial charge is 0.311 e. The number of nitrogens with zero attached hydrogens (tertiary/aromatic N) is 1. The number of fused-ring (bicyclic) bond motifs is 1. The van der Waals surface area contributed by atoms with Crippen molar-refractivity contribution in [1.82, 2.24) is 9.88 Å². The number of amides is 1. The van der Waals surface area contributed by atoms with Crippen LogP contribution in [-0.4, -0.2) is 53.2 Å². The number of benzene rings is 1. The monoisotopic (exact) mass is 372 g/mol. The second kappa shape index (κ2) is 7.72. The third-order valence-corrected chi connectivity index (χ3v) is 4.98. The van der Waals surface area contributed by atoms with Gasteiger partial charge in [-0.2, -0.15) is 0 Å². The topological polar surface area (TPSA) is 71.6 Å². The summed E-state index contributed by atoms with van der Waals surface area (Å²) in [5.74, 6) is -0.562. The van der Waals surface area contributed by atoms with Gasteiger partial charge in [0.2, 0.25) is 0 Å². The summed E-state index contributed by atoms with van der Waals surface area (Å²) in [4.78, 5) is 30.1. The summed E-state index contributed by atoms with van der Waals surface area (Å²) in [7, 11) is 0. The summed E-state index contributed by atoms with van der Waals surface area (Å²) >= 11 is 0. The van der Waals surface area contributed by atoms with Crippen molar-refractivity contribution < 1.29 is 19.1 Å². The fourth-order valence-corrected chi connectivity index (χ4v) is 3.77. The first-order valence-electron chi connectivity index (χ1n) is 9.46. The van der Waals surface area contributed by atoms with Gasteiger partial charge in [0.1, 0.15) is 0 Å². The van der Waals surface area contributed by atoms with Gasteiger partial charge >= 0.3 is 5.97 Å². The van der Waals surface area contributed by atoms with Gasteiger partial charge in [-0.25, -0.2) is 0 Å². The van der Waals surface area contributed by atoms with E-state index in [-0.39, 0.29) is 24.5 Å². The van der Waals surface area contributed by atoms with Gasteiger partial charge in [0.15, 0.2) is 6.10 Å². The van der Waals surface area contributed by atoms with E-state index in [2.05, 4.69) is 11.1 Å². The Balaban J connectivity index is 1.66. The van der Waals surface area contributed by atoms with Crippen LogP contribution in [0.3, 0.4) is 0 Å². The predicted molar refractivity (Wildman–Crippen MR) is 104 cm³/mol. The van der Waals surface area contributed by atoms with Crippen LogP contribution in [0.15, 0.2) is 18.2 Å². The summed E-state index contributed by atoms with van der Waals surface area (Å²) in [5.41, 5.74) is 4.01. The second-order valence-electron chi connectivity index (χ2n) is 7.59. The van der Waals surface area contributed by atoms with Crippen LogP contribution in [0, 0.1) is 13.8 Å². The molecular formula is C21H28N2O4. The number of carbonyl (C=O) groups excluding carboxylic acids is 2. The van der Waals surface area contributed by atoms with Crippen LogP contribution >= 0.6 is 0 Å². The first kappa shape index (κ1) is 19.4. The van der Waals surface area contributed by atoms with Gasteiger partial charge < -0.3 is 19.4 Å². The number of hydrogen-bond donors (Lipinski definition) is 1. The lowest BCUT2D eigenvalue weighted by Crippen LogP contribution is -2.51. The van der Waals surface area contributed by atoms with Crippen LogP contribution in [0.4, 0.5) is 0 Å². The molecule has 0 bridgehead atoms. The molecule has 2 heterocycles. The van der Waals surface area contributed by atoms with Crippen LogP contribution in [0.1, 0.15) is 37.6 Å². The van der Waals surface area contributed by atoms with Gasteiger partial charge in [0, 0.05) is 29.7 Å². The molecule has 0 aliphatic carbocycles. The number of esters is 1. The predicted octanol–water partition coefficient (Wildman–Crippen LogP) is 2.89. The SMILES string of the molecule is Cc1ccc2[nH]c(C)c(CC(=O)O[C@H](C)C(=O)N3C[C@H](C)O[C@@H](C)C3)c2c1. The highest BCUT2D eigenvalue weighted by Crippen LogP contribution is 2.24. The van der Waals surface area contributed by atoms with E-state index in [4.69, 9.17) is 9.47 Å². The van der Waals surface area contributed by atoms with Crippen LogP contribution in [0.5, 0.6) is 0 Å². The Kier molecular flexibility index (Phi) is 5.56. The quantitative estimate of drug-likeness (QED) is 0.838. The van der Waals surface area contributed by atoms with Gasteiger partial charge in [0.25, 0.3) is 5.91 Å². The molecule has 1 aliphatic rings. The number of carbonyl (C=O) groups is 2. The molecule has 1 aliphatic heterocycles. The molecular weight excluding hydrogens is 344 g/mol. The van der Waals surface area contributed by atoms with Crippen molar-refractivity contribution in [3.05, 3.63) is 35.0 Å². The van der Waals surface area contributed by atoms with Crippen molar-refractivity contribution in [3.8, 4) is 0 Å². The van der Waals surface area contributed by atoms with Crippen molar-refractivity contribution in [3.63, 3.8) is 0 Å². The minimum absolute atomic E-state index is 0.0160. The molecule has 3 rings (SSSR count). The number of aromatic nitrogens is 1. The minimum Gasteiger partial charge on any atom is -0.452 e. The lowest BCUT2D eigenvalue weighted by atomic mass is 10.1. The maximum atomic E-state index is 12.6. The minimum atomic E-state index is -0.803. The molecule has 3 atom stereocenters. The van der Waals surface area contributed by atoms with Crippen molar-refractivity contribution in [2.75, 3.05) is 13.1 Å². The van der Waals surface area contributed by atoms with E-state index in [1.54, 1.807) is 11.8 Å². The molecule has 0 unspecified atom stereocenters. The van der Waals surface area contributed by atoms with Gasteiger partial charge in [-0.15, -0.1) is 0 Å². The van der Waals surface area contributed by atoms with E-state index in [1.807, 2.05) is 39.8 Å². The van der Waals surface area contributed by atoms with Crippen LogP contribution in [0.25, 0.3) is 10.9 Å². The molecule has 2 aromatic rings. The van der Waals surface area contributed by atoms with E-state index in [0.717, 1.165) is 27.7 Å². The van der Waals surface area contributed by atoms with Crippen molar-refractivity contribution in [1.29, 1.82) is 0 Å². The molecule has 1 amide bonds. The largest absolute Gasteiger partial charge is 0.452 e. The average Bonchev–Trinajstić information content (AvgIpc) is 2.88. The van der Waals surface area contributed by atoms with Gasteiger partial charge in [0.05, 0.1) is 18.6 Å². The number of nitrogens with one attached hydrogen (secondary N) is 1. The highest BCUT2D eigenvalue weighted by Gasteiger charge is 2.30. The van der Waals surface area contributed by atoms with Crippen molar-refractivity contribution >= 4 is 22.8 Å². The lowest BCUT2D eigenvalue weighted by molar-refractivity contribution is -0.164. The number of morpholine rings is 1. The molecule has 6 nitrogen and oxygen atoms in total. The van der Waals surface area contributed by atoms with Gasteiger partial charge in [-0.1, -0.05) is 11.6 Å². The Morgan fingerprint density at radius 1 is 1.26 bits per heavy atom. The van der Waals surface area contributed by atoms with Crippen LogP contribution in [-0.2, 0) is 25.5 Å². The molecule has 1 saturated heterocycles. The lowest BCUT2D eigenvalue weighted by Gasteiger charge is -2.36. The molecule has 0 saturated carbocycles. The summed E-state index contributed by atoms with van der Waals surface area (Å²) in [6, 6.07) is 6.11. The first-order chi connectivity index (χ1) is 12.7. The molecule has 1 aromatic carbocycles. The maximum Gasteiger partial charge on any atom is 0.311 e. The summed E-state index contributed by atoms with van der Waals surface area (Å²) in [5, 5.41) is 1.03. The second-order valence-corrected chi connectivity index (χ2v) is 7.59. The van der Waals surface area contributed by atoms with Crippen molar-refractivity contribution in [2.24, 2.45) is 0 Å². The Morgan fingerprint density at radius 2 is 1.93 bits per heavy atom. The van der Waals surface area contributed by atoms with Gasteiger partial charge in [-0.3, -0.25) is 9.59 Å². The molecule has 6 heteroatoms. The van der Waals surface area contributed by atoms with Crippen LogP contribution in [0.2, 0.25) is 0 Å². The zero-order valence-electron chi connectivity index (χ0n) is 16.7. The number of aryl methyl sites for hydroxylation is 2. The van der Waals surface area contributed by atoms with Gasteiger partial charge in [-0.05, 0) is 52.3 Å². The average molecular weight is 372 g/mol. The number of H-pyrrole nitrogens is 1. The highest BCUT2D eigenvalue weighted by atomic mass is 16.5. The Morgan fingerprint density at radius 3 is 2.59 bits per heavy atom. The zero-order valence-corrected chi connectivity index (χ0v) is 16.7. The molecule has 1 N–H and O–H groups in total. The standard InChI is InChI=1S/C21H28N2O4/c1-12-6-7-19-18(8-12)17(15(4)22-19)9-20(24)27-16(5)21(25)23-10-13(2)26-14(3)11-23/h6-8,13-14,16,22H,9-11H2,1-5H3/t13-,14-,16+/m0/s1. The van der Waals surface area contributed by atoms with E-state index in [9.17, 15) is 9.59 Å². The Hall–Kier alpha value is -2.34. The third-order valence-electron chi connectivity index (χ3n) is 4.98. The fraction of sp³-hybridized carbons (Fsp3) is 0.524. The van der Waals surface area contributed by atoms with E-state index < -0.39 is 12.1 Å². The van der Waals surface area contributed by atoms with E-state index >= 15 is 0 Å². The van der Waals surface area contributed by atoms with Crippen LogP contribution < -0.4 is 0 Å². The Bertz CT molecular complexity index is 847.